The molecule has 1 N–H and O–H groups in total. The summed E-state index contributed by atoms with van der Waals surface area (Å²) in [5, 5.41) is 18.0. The van der Waals surface area contributed by atoms with Gasteiger partial charge in [-0.15, -0.1) is 0 Å². The van der Waals surface area contributed by atoms with Crippen LogP contribution in [0.3, 0.4) is 0 Å². The first-order chi connectivity index (χ1) is 13.1. The molecule has 0 aliphatic carbocycles. The predicted molar refractivity (Wildman–Crippen MR) is 99.1 cm³/mol. The lowest BCUT2D eigenvalue weighted by Gasteiger charge is -2.31. The molecule has 0 aromatic heterocycles. The van der Waals surface area contributed by atoms with E-state index in [0.29, 0.717) is 33.2 Å². The van der Waals surface area contributed by atoms with Crippen LogP contribution in [-0.4, -0.2) is 26.9 Å². The molecule has 0 saturated heterocycles. The van der Waals surface area contributed by atoms with E-state index in [1.807, 2.05) is 18.2 Å². The van der Waals surface area contributed by atoms with Crippen molar-refractivity contribution in [3.63, 3.8) is 0 Å². The van der Waals surface area contributed by atoms with E-state index in [1.165, 1.54) is 0 Å². The smallest absolute Gasteiger partial charge is 0.231 e. The van der Waals surface area contributed by atoms with Crippen LogP contribution >= 0.6 is 15.9 Å². The third-order valence-electron chi connectivity index (χ3n) is 4.64. The average Bonchev–Trinajstić information content (AvgIpc) is 3.15. The van der Waals surface area contributed by atoms with Crippen molar-refractivity contribution in [2.75, 3.05) is 21.0 Å². The molecule has 0 radical (unpaired) electrons. The molecule has 138 valence electrons. The molecule has 0 fully saturated rings. The Morgan fingerprint density at radius 2 is 2.00 bits per heavy atom. The number of hydrogen-bond acceptors (Lipinski definition) is 7. The molecule has 2 heterocycles. The highest BCUT2D eigenvalue weighted by Gasteiger charge is 2.40. The third-order valence-corrected chi connectivity index (χ3v) is 5.23. The van der Waals surface area contributed by atoms with Crippen LogP contribution in [-0.2, 0) is 0 Å². The molecular weight excluding hydrogens is 416 g/mol. The summed E-state index contributed by atoms with van der Waals surface area (Å²) < 4.78 is 28.1. The van der Waals surface area contributed by atoms with Crippen LogP contribution in [0.25, 0.3) is 0 Å². The van der Waals surface area contributed by atoms with Crippen LogP contribution in [0.5, 0.6) is 28.7 Å². The molecule has 4 rings (SSSR count). The highest BCUT2D eigenvalue weighted by atomic mass is 79.9. The quantitative estimate of drug-likeness (QED) is 0.794. The van der Waals surface area contributed by atoms with Gasteiger partial charge in [-0.3, -0.25) is 5.41 Å². The van der Waals surface area contributed by atoms with Gasteiger partial charge in [0.15, 0.2) is 23.0 Å². The molecule has 0 saturated carbocycles. The Labute approximate surface area is 164 Å². The van der Waals surface area contributed by atoms with Gasteiger partial charge in [0.25, 0.3) is 0 Å². The van der Waals surface area contributed by atoms with Gasteiger partial charge in [0, 0.05) is 11.5 Å². The van der Waals surface area contributed by atoms with Gasteiger partial charge in [0.1, 0.15) is 5.92 Å². The maximum Gasteiger partial charge on any atom is 0.231 e. The number of nitrogens with zero attached hydrogens (tertiary/aromatic N) is 1. The number of rotatable bonds is 3. The summed E-state index contributed by atoms with van der Waals surface area (Å²) in [7, 11) is 3.11. The van der Waals surface area contributed by atoms with Gasteiger partial charge in [0.2, 0.25) is 18.4 Å². The van der Waals surface area contributed by atoms with Crippen molar-refractivity contribution >= 4 is 21.8 Å². The van der Waals surface area contributed by atoms with E-state index in [-0.39, 0.29) is 12.7 Å². The molecule has 0 amide bonds. The summed E-state index contributed by atoms with van der Waals surface area (Å²) in [6.07, 6.45) is 0. The van der Waals surface area contributed by atoms with Gasteiger partial charge < -0.3 is 23.7 Å². The number of hydrogen-bond donors (Lipinski definition) is 1. The van der Waals surface area contributed by atoms with Crippen molar-refractivity contribution in [2.24, 2.45) is 5.92 Å². The van der Waals surface area contributed by atoms with Crippen molar-refractivity contribution in [1.82, 2.24) is 0 Å². The van der Waals surface area contributed by atoms with Gasteiger partial charge in [-0.2, -0.15) is 5.26 Å². The second-order valence-electron chi connectivity index (χ2n) is 6.01. The van der Waals surface area contributed by atoms with Gasteiger partial charge in [-0.1, -0.05) is 6.07 Å². The topological polar surface area (TPSA) is 93.8 Å². The van der Waals surface area contributed by atoms with Crippen LogP contribution in [0.2, 0.25) is 0 Å². The van der Waals surface area contributed by atoms with Crippen molar-refractivity contribution in [1.29, 1.82) is 10.7 Å². The lowest BCUT2D eigenvalue weighted by Crippen LogP contribution is -2.31. The number of ether oxygens (including phenoxy) is 5. The monoisotopic (exact) mass is 430 g/mol. The summed E-state index contributed by atoms with van der Waals surface area (Å²) in [5.41, 5.74) is 1.54. The van der Waals surface area contributed by atoms with Crippen molar-refractivity contribution < 1.29 is 23.7 Å². The number of fused-ring (bicyclic) bond motifs is 3. The molecule has 2 unspecified atom stereocenters. The summed E-state index contributed by atoms with van der Waals surface area (Å²) in [4.78, 5) is 0. The van der Waals surface area contributed by atoms with Gasteiger partial charge in [-0.25, -0.2) is 0 Å². The maximum atomic E-state index is 9.71. The zero-order valence-electron chi connectivity index (χ0n) is 14.5. The third kappa shape index (κ3) is 2.66. The largest absolute Gasteiger partial charge is 0.493 e. The Hall–Kier alpha value is -2.92. The molecule has 8 heteroatoms. The molecule has 2 aliphatic heterocycles. The van der Waals surface area contributed by atoms with Crippen LogP contribution < -0.4 is 23.7 Å². The summed E-state index contributed by atoms with van der Waals surface area (Å²) in [6.45, 7) is 0.0940. The predicted octanol–water partition coefficient (Wildman–Crippen LogP) is 3.84. The van der Waals surface area contributed by atoms with Crippen molar-refractivity contribution in [3.05, 3.63) is 39.9 Å². The first kappa shape index (κ1) is 17.5. The Bertz CT molecular complexity index is 985. The Morgan fingerprint density at radius 3 is 2.70 bits per heavy atom. The fourth-order valence-electron chi connectivity index (χ4n) is 3.44. The van der Waals surface area contributed by atoms with E-state index < -0.39 is 11.8 Å². The Kier molecular flexibility index (Phi) is 4.32. The zero-order valence-corrected chi connectivity index (χ0v) is 16.1. The van der Waals surface area contributed by atoms with Gasteiger partial charge >= 0.3 is 0 Å². The normalized spacial score (nSPS) is 19.7. The van der Waals surface area contributed by atoms with Gasteiger partial charge in [0.05, 0.1) is 24.8 Å². The van der Waals surface area contributed by atoms with E-state index in [1.54, 1.807) is 20.3 Å². The zero-order chi connectivity index (χ0) is 19.1. The molecule has 27 heavy (non-hydrogen) atoms. The number of nitriles is 1. The number of halogens is 1. The lowest BCUT2D eigenvalue weighted by atomic mass is 9.79. The van der Waals surface area contributed by atoms with Crippen LogP contribution in [0, 0.1) is 22.7 Å². The highest BCUT2D eigenvalue weighted by Crippen LogP contribution is 2.52. The minimum atomic E-state index is -0.789. The van der Waals surface area contributed by atoms with Gasteiger partial charge in [-0.05, 0) is 39.7 Å². The minimum Gasteiger partial charge on any atom is -0.493 e. The standard InChI is InChI=1S/C19H15BrN2O5/c1-23-14-6-9(5-12(20)17(14)24-2)15-10-3-4-13-18(26-8-25-13)16(10)27-19(22)11(15)7-21/h3-6,11,15,22H,8H2,1-2H3. The van der Waals surface area contributed by atoms with E-state index in [4.69, 9.17) is 29.1 Å². The number of benzene rings is 2. The molecule has 2 aliphatic rings. The van der Waals surface area contributed by atoms with E-state index in [2.05, 4.69) is 22.0 Å². The van der Waals surface area contributed by atoms with E-state index in [0.717, 1.165) is 11.1 Å². The number of nitrogens with one attached hydrogen (secondary N) is 1. The van der Waals surface area contributed by atoms with Crippen molar-refractivity contribution in [3.8, 4) is 34.8 Å². The maximum absolute atomic E-state index is 9.71. The molecular formula is C19H15BrN2O5. The molecule has 0 spiro atoms. The summed E-state index contributed by atoms with van der Waals surface area (Å²) >= 11 is 3.49. The van der Waals surface area contributed by atoms with Crippen LogP contribution in [0.1, 0.15) is 17.0 Å². The Morgan fingerprint density at radius 1 is 1.19 bits per heavy atom. The fraction of sp³-hybridized carbons (Fsp3) is 0.263. The molecule has 0 bridgehead atoms. The first-order valence-electron chi connectivity index (χ1n) is 8.08. The second-order valence-corrected chi connectivity index (χ2v) is 6.86. The van der Waals surface area contributed by atoms with E-state index in [9.17, 15) is 5.26 Å². The molecule has 7 nitrogen and oxygen atoms in total. The first-order valence-corrected chi connectivity index (χ1v) is 8.88. The number of methoxy groups -OCH3 is 2. The Balaban J connectivity index is 1.93. The highest BCUT2D eigenvalue weighted by molar-refractivity contribution is 9.10. The average molecular weight is 431 g/mol. The minimum absolute atomic E-state index is 0.0940. The SMILES string of the molecule is COc1cc(C2c3ccc4c(c3OC(=N)C2C#N)OCO4)cc(Br)c1OC. The van der Waals surface area contributed by atoms with Crippen molar-refractivity contribution in [2.45, 2.75) is 5.92 Å². The fourth-order valence-corrected chi connectivity index (χ4v) is 4.06. The molecule has 2 aromatic carbocycles. The molecule has 2 aromatic rings. The van der Waals surface area contributed by atoms with Crippen LogP contribution in [0.15, 0.2) is 28.7 Å². The summed E-state index contributed by atoms with van der Waals surface area (Å²) in [6, 6.07) is 9.49. The lowest BCUT2D eigenvalue weighted by molar-refractivity contribution is 0.172. The summed E-state index contributed by atoms with van der Waals surface area (Å²) in [5.74, 6) is 1.16. The van der Waals surface area contributed by atoms with Crippen LogP contribution in [0.4, 0.5) is 0 Å². The second kappa shape index (κ2) is 6.67. The molecule has 2 atom stereocenters. The van der Waals surface area contributed by atoms with E-state index >= 15 is 0 Å².